The highest BCUT2D eigenvalue weighted by Crippen LogP contribution is 2.15. The first-order valence-corrected chi connectivity index (χ1v) is 6.26. The summed E-state index contributed by atoms with van der Waals surface area (Å²) in [5.41, 5.74) is 1.52. The molecule has 0 aliphatic carbocycles. The molecule has 0 atom stereocenters. The van der Waals surface area contributed by atoms with E-state index in [1.165, 1.54) is 11.0 Å². The van der Waals surface area contributed by atoms with Crippen molar-refractivity contribution in [3.63, 3.8) is 0 Å². The van der Waals surface area contributed by atoms with Gasteiger partial charge in [0.2, 0.25) is 6.41 Å². The fraction of sp³-hybridized carbons (Fsp3) is 0.125. The fourth-order valence-electron chi connectivity index (χ4n) is 1.88. The van der Waals surface area contributed by atoms with Crippen molar-refractivity contribution in [2.75, 3.05) is 11.9 Å². The molecule has 2 aromatic carbocycles. The van der Waals surface area contributed by atoms with Crippen LogP contribution in [0, 0.1) is 11.6 Å². The van der Waals surface area contributed by atoms with Crippen LogP contribution in [0.3, 0.4) is 0 Å². The standard InChI is InChI=1S/C16H13F2NO2/c1-19(10-20)13-5-3-12(4-6-13)16(21)9-11-2-7-14(17)15(18)8-11/h2-8,10H,9H2,1H3. The van der Waals surface area contributed by atoms with Gasteiger partial charge >= 0.3 is 0 Å². The van der Waals surface area contributed by atoms with Gasteiger partial charge in [0.25, 0.3) is 0 Å². The molecule has 2 aromatic rings. The smallest absolute Gasteiger partial charge is 0.213 e. The van der Waals surface area contributed by atoms with Crippen LogP contribution in [0.5, 0.6) is 0 Å². The molecule has 0 heterocycles. The average Bonchev–Trinajstić information content (AvgIpc) is 2.50. The molecule has 108 valence electrons. The van der Waals surface area contributed by atoms with E-state index in [0.717, 1.165) is 12.1 Å². The van der Waals surface area contributed by atoms with Crippen molar-refractivity contribution in [2.24, 2.45) is 0 Å². The number of ketones is 1. The summed E-state index contributed by atoms with van der Waals surface area (Å²) in [4.78, 5) is 24.1. The molecule has 0 fully saturated rings. The second-order valence-corrected chi connectivity index (χ2v) is 4.61. The maximum atomic E-state index is 13.1. The molecular weight excluding hydrogens is 276 g/mol. The number of hydrogen-bond donors (Lipinski definition) is 0. The van der Waals surface area contributed by atoms with E-state index < -0.39 is 11.6 Å². The van der Waals surface area contributed by atoms with Crippen molar-refractivity contribution in [3.05, 3.63) is 65.2 Å². The van der Waals surface area contributed by atoms with Crippen LogP contribution in [0.25, 0.3) is 0 Å². The zero-order valence-corrected chi connectivity index (χ0v) is 11.3. The molecule has 1 amide bonds. The van der Waals surface area contributed by atoms with Gasteiger partial charge in [-0.05, 0) is 42.0 Å². The van der Waals surface area contributed by atoms with Gasteiger partial charge in [0.15, 0.2) is 17.4 Å². The summed E-state index contributed by atoms with van der Waals surface area (Å²) in [5.74, 6) is -2.11. The summed E-state index contributed by atoms with van der Waals surface area (Å²) >= 11 is 0. The van der Waals surface area contributed by atoms with Crippen molar-refractivity contribution in [1.82, 2.24) is 0 Å². The third-order valence-corrected chi connectivity index (χ3v) is 3.10. The van der Waals surface area contributed by atoms with Gasteiger partial charge in [-0.15, -0.1) is 0 Å². The van der Waals surface area contributed by atoms with Gasteiger partial charge in [0.1, 0.15) is 0 Å². The van der Waals surface area contributed by atoms with Crippen molar-refractivity contribution in [2.45, 2.75) is 6.42 Å². The molecule has 0 unspecified atom stereocenters. The summed E-state index contributed by atoms with van der Waals surface area (Å²) in [5, 5.41) is 0. The lowest BCUT2D eigenvalue weighted by Crippen LogP contribution is -2.13. The number of Topliss-reactive ketones (excluding diaryl/α,β-unsaturated/α-hetero) is 1. The highest BCUT2D eigenvalue weighted by Gasteiger charge is 2.10. The second kappa shape index (κ2) is 6.26. The van der Waals surface area contributed by atoms with E-state index in [1.807, 2.05) is 0 Å². The second-order valence-electron chi connectivity index (χ2n) is 4.61. The number of hydrogen-bond acceptors (Lipinski definition) is 2. The van der Waals surface area contributed by atoms with Gasteiger partial charge in [0, 0.05) is 24.7 Å². The molecule has 0 N–H and O–H groups in total. The Kier molecular flexibility index (Phi) is 4.42. The summed E-state index contributed by atoms with van der Waals surface area (Å²) in [6.07, 6.45) is 0.651. The number of amides is 1. The number of carbonyl (C=O) groups is 2. The quantitative estimate of drug-likeness (QED) is 0.627. The molecule has 0 aliphatic heterocycles. The maximum absolute atomic E-state index is 13.1. The third-order valence-electron chi connectivity index (χ3n) is 3.10. The molecule has 0 radical (unpaired) electrons. The van der Waals surface area contributed by atoms with Crippen LogP contribution >= 0.6 is 0 Å². The van der Waals surface area contributed by atoms with Gasteiger partial charge in [-0.25, -0.2) is 8.78 Å². The van der Waals surface area contributed by atoms with Crippen LogP contribution in [-0.2, 0) is 11.2 Å². The van der Waals surface area contributed by atoms with E-state index in [1.54, 1.807) is 31.3 Å². The van der Waals surface area contributed by atoms with E-state index in [0.29, 0.717) is 23.2 Å². The summed E-state index contributed by atoms with van der Waals surface area (Å²) in [6, 6.07) is 9.88. The summed E-state index contributed by atoms with van der Waals surface area (Å²) < 4.78 is 25.9. The minimum atomic E-state index is -0.969. The van der Waals surface area contributed by atoms with Crippen LogP contribution in [0.2, 0.25) is 0 Å². The minimum absolute atomic E-state index is 0.0138. The van der Waals surface area contributed by atoms with E-state index in [4.69, 9.17) is 0 Å². The number of nitrogens with zero attached hydrogens (tertiary/aromatic N) is 1. The Bertz CT molecular complexity index is 668. The first kappa shape index (κ1) is 14.8. The molecule has 0 saturated carbocycles. The Hall–Kier alpha value is -2.56. The Morgan fingerprint density at radius 1 is 1.10 bits per heavy atom. The van der Waals surface area contributed by atoms with Crippen molar-refractivity contribution in [3.8, 4) is 0 Å². The predicted molar refractivity (Wildman–Crippen MR) is 75.3 cm³/mol. The fourth-order valence-corrected chi connectivity index (χ4v) is 1.88. The number of halogens is 2. The first-order valence-electron chi connectivity index (χ1n) is 6.26. The monoisotopic (exact) mass is 289 g/mol. The number of rotatable bonds is 5. The van der Waals surface area contributed by atoms with Gasteiger partial charge < -0.3 is 4.90 Å². The lowest BCUT2D eigenvalue weighted by molar-refractivity contribution is -0.107. The van der Waals surface area contributed by atoms with E-state index in [-0.39, 0.29) is 12.2 Å². The lowest BCUT2D eigenvalue weighted by atomic mass is 10.0. The molecular formula is C16H13F2NO2. The van der Waals surface area contributed by atoms with Crippen LogP contribution in [-0.4, -0.2) is 19.2 Å². The zero-order chi connectivity index (χ0) is 15.4. The largest absolute Gasteiger partial charge is 0.318 e. The molecule has 0 aliphatic rings. The topological polar surface area (TPSA) is 37.4 Å². The van der Waals surface area contributed by atoms with Gasteiger partial charge in [-0.3, -0.25) is 9.59 Å². The molecule has 0 aromatic heterocycles. The molecule has 3 nitrogen and oxygen atoms in total. The SMILES string of the molecule is CN(C=O)c1ccc(C(=O)Cc2ccc(F)c(F)c2)cc1. The maximum Gasteiger partial charge on any atom is 0.213 e. The van der Waals surface area contributed by atoms with Crippen LogP contribution in [0.1, 0.15) is 15.9 Å². The lowest BCUT2D eigenvalue weighted by Gasteiger charge is -2.10. The minimum Gasteiger partial charge on any atom is -0.318 e. The van der Waals surface area contributed by atoms with Crippen LogP contribution in [0.15, 0.2) is 42.5 Å². The van der Waals surface area contributed by atoms with Gasteiger partial charge in [-0.1, -0.05) is 6.07 Å². The third kappa shape index (κ3) is 3.51. The molecule has 5 heteroatoms. The molecule has 0 spiro atoms. The highest BCUT2D eigenvalue weighted by molar-refractivity contribution is 5.98. The van der Waals surface area contributed by atoms with Gasteiger partial charge in [-0.2, -0.15) is 0 Å². The van der Waals surface area contributed by atoms with Crippen LogP contribution < -0.4 is 4.90 Å². The molecule has 0 saturated heterocycles. The normalized spacial score (nSPS) is 10.2. The molecule has 0 bridgehead atoms. The number of carbonyl (C=O) groups excluding carboxylic acids is 2. The van der Waals surface area contributed by atoms with Crippen molar-refractivity contribution in [1.29, 1.82) is 0 Å². The van der Waals surface area contributed by atoms with E-state index in [9.17, 15) is 18.4 Å². The predicted octanol–water partition coefficient (Wildman–Crippen LogP) is 2.98. The molecule has 21 heavy (non-hydrogen) atoms. The van der Waals surface area contributed by atoms with Crippen molar-refractivity contribution >= 4 is 17.9 Å². The first-order chi connectivity index (χ1) is 10.0. The van der Waals surface area contributed by atoms with Crippen molar-refractivity contribution < 1.29 is 18.4 Å². The highest BCUT2D eigenvalue weighted by atomic mass is 19.2. The van der Waals surface area contributed by atoms with E-state index in [2.05, 4.69) is 0 Å². The summed E-state index contributed by atoms with van der Waals surface area (Å²) in [7, 11) is 1.60. The van der Waals surface area contributed by atoms with Gasteiger partial charge in [0.05, 0.1) is 0 Å². The Morgan fingerprint density at radius 2 is 1.76 bits per heavy atom. The number of benzene rings is 2. The van der Waals surface area contributed by atoms with Crippen LogP contribution in [0.4, 0.5) is 14.5 Å². The number of anilines is 1. The zero-order valence-electron chi connectivity index (χ0n) is 11.3. The summed E-state index contributed by atoms with van der Waals surface area (Å²) in [6.45, 7) is 0. The Labute approximate surface area is 120 Å². The Morgan fingerprint density at radius 3 is 2.33 bits per heavy atom. The Balaban J connectivity index is 2.12. The molecule has 2 rings (SSSR count). The average molecular weight is 289 g/mol. The van der Waals surface area contributed by atoms with E-state index >= 15 is 0 Å².